The van der Waals surface area contributed by atoms with Crippen molar-refractivity contribution in [1.82, 2.24) is 0 Å². The molecule has 0 saturated heterocycles. The van der Waals surface area contributed by atoms with Gasteiger partial charge in [-0.05, 0) is 99.3 Å². The van der Waals surface area contributed by atoms with Crippen molar-refractivity contribution in [1.29, 1.82) is 0 Å². The number of fused-ring (bicyclic) bond motifs is 1. The van der Waals surface area contributed by atoms with E-state index in [9.17, 15) is 0 Å². The van der Waals surface area contributed by atoms with Crippen molar-refractivity contribution in [2.24, 2.45) is 40.7 Å². The Morgan fingerprint density at radius 3 is 2.24 bits per heavy atom. The first-order chi connectivity index (χ1) is 13.7. The molecule has 0 aromatic heterocycles. The van der Waals surface area contributed by atoms with Crippen LogP contribution in [0, 0.1) is 35.0 Å². The normalized spacial score (nSPS) is 35.9. The molecule has 0 aliphatic heterocycles. The van der Waals surface area contributed by atoms with Crippen LogP contribution >= 0.6 is 0 Å². The molecule has 0 radical (unpaired) electrons. The van der Waals surface area contributed by atoms with Gasteiger partial charge in [0.2, 0.25) is 0 Å². The average Bonchev–Trinajstić information content (AvgIpc) is 3.22. The maximum atomic E-state index is 5.75. The third kappa shape index (κ3) is 7.55. The lowest BCUT2D eigenvalue weighted by Gasteiger charge is -2.55. The molecule has 3 aliphatic carbocycles. The van der Waals surface area contributed by atoms with E-state index in [1.165, 1.54) is 77.0 Å². The van der Waals surface area contributed by atoms with Gasteiger partial charge in [0.1, 0.15) is 0 Å². The van der Waals surface area contributed by atoms with Crippen LogP contribution in [0.5, 0.6) is 0 Å². The van der Waals surface area contributed by atoms with Gasteiger partial charge < -0.3 is 5.73 Å². The van der Waals surface area contributed by atoms with Crippen molar-refractivity contribution < 1.29 is 0 Å². The summed E-state index contributed by atoms with van der Waals surface area (Å²) in [6.45, 7) is 14.0. The van der Waals surface area contributed by atoms with E-state index < -0.39 is 0 Å². The highest BCUT2D eigenvalue weighted by molar-refractivity contribution is 5.00. The van der Waals surface area contributed by atoms with Gasteiger partial charge in [0.05, 0.1) is 0 Å². The molecule has 3 aliphatic rings. The van der Waals surface area contributed by atoms with Crippen molar-refractivity contribution >= 4 is 0 Å². The van der Waals surface area contributed by atoms with Gasteiger partial charge in [-0.3, -0.25) is 0 Å². The molecule has 0 aromatic carbocycles. The van der Waals surface area contributed by atoms with Gasteiger partial charge in [0, 0.05) is 0 Å². The minimum atomic E-state index is 0. The molecule has 1 nitrogen and oxygen atoms in total. The maximum absolute atomic E-state index is 5.75. The highest BCUT2D eigenvalue weighted by Crippen LogP contribution is 2.60. The van der Waals surface area contributed by atoms with Crippen molar-refractivity contribution in [3.05, 3.63) is 0 Å². The molecule has 0 aromatic rings. The van der Waals surface area contributed by atoms with Crippen molar-refractivity contribution in [2.45, 2.75) is 139 Å². The largest absolute Gasteiger partial charge is 0.330 e. The van der Waals surface area contributed by atoms with Gasteiger partial charge in [-0.15, -0.1) is 0 Å². The summed E-state index contributed by atoms with van der Waals surface area (Å²) in [5, 5.41) is 0. The Morgan fingerprint density at radius 2 is 1.59 bits per heavy atom. The molecule has 2 N–H and O–H groups in total. The van der Waals surface area contributed by atoms with Gasteiger partial charge in [-0.25, -0.2) is 0 Å². The van der Waals surface area contributed by atoms with Gasteiger partial charge >= 0.3 is 0 Å². The molecule has 0 spiro atoms. The number of hydrogen-bond donors (Lipinski definition) is 1. The third-order valence-corrected chi connectivity index (χ3v) is 8.54. The van der Waals surface area contributed by atoms with E-state index in [4.69, 9.17) is 5.73 Å². The first-order valence-corrected chi connectivity index (χ1v) is 13.4. The lowest BCUT2D eigenvalue weighted by molar-refractivity contribution is -0.0577. The molecule has 1 heteroatoms. The molecule has 3 rings (SSSR count). The molecular weight excluding hydrogens is 350 g/mol. The standard InChI is InChI=1S/C23H43N.2C2H6.CH4/c1-3-4-10-22-21(19-12-11-18(17-19)8-7-16-24)14-13-20-9-5-6-15-23(20,22)2;2*1-2;/h18-22H,3-17,24H2,1-2H3;2*1-2H3;1H4. The third-order valence-electron chi connectivity index (χ3n) is 8.54. The lowest BCUT2D eigenvalue weighted by Crippen LogP contribution is -2.47. The monoisotopic (exact) mass is 409 g/mol. The lowest BCUT2D eigenvalue weighted by atomic mass is 9.50. The van der Waals surface area contributed by atoms with Crippen LogP contribution in [0.2, 0.25) is 0 Å². The highest BCUT2D eigenvalue weighted by Gasteiger charge is 2.50. The molecule has 0 heterocycles. The van der Waals surface area contributed by atoms with E-state index >= 15 is 0 Å². The Hall–Kier alpha value is -0.0400. The van der Waals surface area contributed by atoms with E-state index in [1.807, 2.05) is 27.7 Å². The van der Waals surface area contributed by atoms with Gasteiger partial charge in [-0.1, -0.05) is 81.1 Å². The fourth-order valence-electron chi connectivity index (χ4n) is 7.18. The zero-order valence-electron chi connectivity index (χ0n) is 20.6. The van der Waals surface area contributed by atoms with Crippen LogP contribution < -0.4 is 5.73 Å². The van der Waals surface area contributed by atoms with Crippen LogP contribution in [0.4, 0.5) is 0 Å². The molecular formula is C28H59N. The van der Waals surface area contributed by atoms with Crippen LogP contribution in [0.1, 0.15) is 139 Å². The SMILES string of the molecule is C.CC.CC.CCCCC1C(C2CCC(CCCN)C2)CCC2CCCCC21C. The summed E-state index contributed by atoms with van der Waals surface area (Å²) in [6.07, 6.45) is 20.8. The summed E-state index contributed by atoms with van der Waals surface area (Å²) in [4.78, 5) is 0. The first-order valence-electron chi connectivity index (χ1n) is 13.4. The predicted octanol–water partition coefficient (Wildman–Crippen LogP) is 9.24. The number of hydrogen-bond acceptors (Lipinski definition) is 1. The average molecular weight is 410 g/mol. The van der Waals surface area contributed by atoms with Crippen molar-refractivity contribution in [3.8, 4) is 0 Å². The summed E-state index contributed by atoms with van der Waals surface area (Å²) >= 11 is 0. The highest BCUT2D eigenvalue weighted by atomic mass is 14.6. The summed E-state index contributed by atoms with van der Waals surface area (Å²) in [6, 6.07) is 0. The van der Waals surface area contributed by atoms with Crippen LogP contribution in [0.25, 0.3) is 0 Å². The molecule has 6 unspecified atom stereocenters. The van der Waals surface area contributed by atoms with E-state index in [1.54, 1.807) is 12.8 Å². The van der Waals surface area contributed by atoms with Gasteiger partial charge in [0.25, 0.3) is 0 Å². The van der Waals surface area contributed by atoms with Crippen LogP contribution in [0.15, 0.2) is 0 Å². The Labute approximate surface area is 186 Å². The zero-order valence-corrected chi connectivity index (χ0v) is 20.6. The molecule has 3 saturated carbocycles. The van der Waals surface area contributed by atoms with Crippen molar-refractivity contribution in [2.75, 3.05) is 6.54 Å². The van der Waals surface area contributed by atoms with Crippen molar-refractivity contribution in [3.63, 3.8) is 0 Å². The second kappa shape index (κ2) is 15.7. The second-order valence-corrected chi connectivity index (χ2v) is 9.81. The second-order valence-electron chi connectivity index (χ2n) is 9.81. The molecule has 29 heavy (non-hydrogen) atoms. The topological polar surface area (TPSA) is 26.0 Å². The predicted molar refractivity (Wildman–Crippen MR) is 134 cm³/mol. The van der Waals surface area contributed by atoms with E-state index in [0.29, 0.717) is 5.41 Å². The summed E-state index contributed by atoms with van der Waals surface area (Å²) in [7, 11) is 0. The first kappa shape index (κ1) is 29.0. The Morgan fingerprint density at radius 1 is 0.862 bits per heavy atom. The van der Waals surface area contributed by atoms with Gasteiger partial charge in [-0.2, -0.15) is 0 Å². The molecule has 6 atom stereocenters. The molecule has 0 bridgehead atoms. The van der Waals surface area contributed by atoms with E-state index in [2.05, 4.69) is 13.8 Å². The van der Waals surface area contributed by atoms with E-state index in [0.717, 1.165) is 36.1 Å². The van der Waals surface area contributed by atoms with Crippen LogP contribution in [0.3, 0.4) is 0 Å². The smallest absolute Gasteiger partial charge is 0.00772 e. The molecule has 176 valence electrons. The Bertz CT molecular complexity index is 379. The molecule has 3 fully saturated rings. The van der Waals surface area contributed by atoms with Crippen LogP contribution in [-0.2, 0) is 0 Å². The fourth-order valence-corrected chi connectivity index (χ4v) is 7.18. The number of nitrogens with two attached hydrogens (primary N) is 1. The maximum Gasteiger partial charge on any atom is -0.00772 e. The van der Waals surface area contributed by atoms with E-state index in [-0.39, 0.29) is 7.43 Å². The zero-order chi connectivity index (χ0) is 21.0. The minimum Gasteiger partial charge on any atom is -0.330 e. The number of unbranched alkanes of at least 4 members (excludes halogenated alkanes) is 1. The van der Waals surface area contributed by atoms with Gasteiger partial charge in [0.15, 0.2) is 0 Å². The fraction of sp³-hybridized carbons (Fsp3) is 1.00. The number of rotatable bonds is 7. The summed E-state index contributed by atoms with van der Waals surface area (Å²) in [5.74, 6) is 5.20. The van der Waals surface area contributed by atoms with Crippen LogP contribution in [-0.4, -0.2) is 6.54 Å². The Balaban J connectivity index is 0.00000148. The minimum absolute atomic E-state index is 0. The molecule has 0 amide bonds. The summed E-state index contributed by atoms with van der Waals surface area (Å²) < 4.78 is 0. The Kier molecular flexibility index (Phi) is 15.7. The quantitative estimate of drug-likeness (QED) is 0.445. The summed E-state index contributed by atoms with van der Waals surface area (Å²) in [5.41, 5.74) is 6.44.